The summed E-state index contributed by atoms with van der Waals surface area (Å²) in [4.78, 5) is 12.2. The highest BCUT2D eigenvalue weighted by molar-refractivity contribution is 5.85. The van der Waals surface area contributed by atoms with Crippen molar-refractivity contribution < 1.29 is 4.74 Å². The number of rotatable bonds is 5. The first-order chi connectivity index (χ1) is 13.6. The van der Waals surface area contributed by atoms with E-state index in [1.807, 2.05) is 49.4 Å². The van der Waals surface area contributed by atoms with Crippen LogP contribution in [0.25, 0.3) is 10.9 Å². The lowest BCUT2D eigenvalue weighted by Crippen LogP contribution is -2.03. The number of nitrogens with one attached hydrogen (secondary N) is 2. The molecule has 0 aliphatic heterocycles. The maximum absolute atomic E-state index is 9.43. The van der Waals surface area contributed by atoms with Gasteiger partial charge >= 0.3 is 0 Å². The summed E-state index contributed by atoms with van der Waals surface area (Å²) in [5.41, 5.74) is 4.49. The second kappa shape index (κ2) is 7.41. The van der Waals surface area contributed by atoms with Crippen LogP contribution in [0.15, 0.2) is 54.7 Å². The number of hydrogen-bond donors (Lipinski definition) is 2. The highest BCUT2D eigenvalue weighted by atomic mass is 16.5. The van der Waals surface area contributed by atoms with Crippen LogP contribution in [0.2, 0.25) is 0 Å². The van der Waals surface area contributed by atoms with Crippen LogP contribution >= 0.6 is 0 Å². The summed E-state index contributed by atoms with van der Waals surface area (Å²) in [7, 11) is 1.64. The summed E-state index contributed by atoms with van der Waals surface area (Å²) in [6.07, 6.45) is 2.11. The number of anilines is 2. The topological polar surface area (TPSA) is 86.6 Å². The van der Waals surface area contributed by atoms with E-state index in [1.54, 1.807) is 13.3 Å². The lowest BCUT2D eigenvalue weighted by molar-refractivity contribution is 0.414. The first-order valence-electron chi connectivity index (χ1n) is 8.90. The Balaban J connectivity index is 1.63. The van der Waals surface area contributed by atoms with Crippen LogP contribution in [0.3, 0.4) is 0 Å². The number of nitrogens with zero attached hydrogens (tertiary/aromatic N) is 3. The summed E-state index contributed by atoms with van der Waals surface area (Å²) in [6, 6.07) is 18.0. The van der Waals surface area contributed by atoms with Gasteiger partial charge in [-0.3, -0.25) is 0 Å². The van der Waals surface area contributed by atoms with E-state index in [2.05, 4.69) is 32.4 Å². The number of benzene rings is 2. The molecule has 28 heavy (non-hydrogen) atoms. The zero-order valence-corrected chi connectivity index (χ0v) is 15.7. The molecule has 2 aromatic carbocycles. The van der Waals surface area contributed by atoms with E-state index in [4.69, 9.17) is 4.74 Å². The normalized spacial score (nSPS) is 10.6. The van der Waals surface area contributed by atoms with Crippen molar-refractivity contribution in [3.05, 3.63) is 77.4 Å². The van der Waals surface area contributed by atoms with Gasteiger partial charge in [0.15, 0.2) is 5.82 Å². The largest absolute Gasteiger partial charge is 0.497 e. The van der Waals surface area contributed by atoms with Crippen LogP contribution in [0.5, 0.6) is 5.75 Å². The molecular weight excluding hydrogens is 350 g/mol. The number of ether oxygens (including phenoxy) is 1. The van der Waals surface area contributed by atoms with Crippen molar-refractivity contribution in [2.75, 3.05) is 12.4 Å². The third-order valence-electron chi connectivity index (χ3n) is 4.47. The average Bonchev–Trinajstić information content (AvgIpc) is 3.08. The maximum atomic E-state index is 9.43. The fraction of sp³-hybridized carbons (Fsp3) is 0.136. The lowest BCUT2D eigenvalue weighted by Gasteiger charge is -2.10. The average molecular weight is 369 g/mol. The van der Waals surface area contributed by atoms with E-state index < -0.39 is 0 Å². The molecule has 0 amide bonds. The highest BCUT2D eigenvalue weighted by Gasteiger charge is 2.09. The van der Waals surface area contributed by atoms with Gasteiger partial charge < -0.3 is 15.0 Å². The molecule has 0 aliphatic rings. The van der Waals surface area contributed by atoms with E-state index in [0.717, 1.165) is 33.6 Å². The first-order valence-corrected chi connectivity index (χ1v) is 8.90. The van der Waals surface area contributed by atoms with Crippen LogP contribution in [0, 0.1) is 18.3 Å². The summed E-state index contributed by atoms with van der Waals surface area (Å²) >= 11 is 0. The van der Waals surface area contributed by atoms with Crippen LogP contribution in [0.4, 0.5) is 11.5 Å². The SMILES string of the molecule is COc1cccc(Cc2ncc(C#N)c(Nc3ccc4[nH]c(C)cc4c3)n2)c1. The van der Waals surface area contributed by atoms with Crippen molar-refractivity contribution in [2.24, 2.45) is 0 Å². The zero-order valence-electron chi connectivity index (χ0n) is 15.7. The molecule has 0 unspecified atom stereocenters. The molecule has 0 bridgehead atoms. The number of aromatic amines is 1. The van der Waals surface area contributed by atoms with Crippen LogP contribution < -0.4 is 10.1 Å². The smallest absolute Gasteiger partial charge is 0.152 e. The van der Waals surface area contributed by atoms with Gasteiger partial charge in [-0.15, -0.1) is 0 Å². The summed E-state index contributed by atoms with van der Waals surface area (Å²) in [6.45, 7) is 2.02. The van der Waals surface area contributed by atoms with Gasteiger partial charge in [-0.2, -0.15) is 5.26 Å². The van der Waals surface area contributed by atoms with Gasteiger partial charge in [-0.1, -0.05) is 12.1 Å². The van der Waals surface area contributed by atoms with Gasteiger partial charge in [0.05, 0.1) is 13.3 Å². The van der Waals surface area contributed by atoms with E-state index in [9.17, 15) is 5.26 Å². The summed E-state index contributed by atoms with van der Waals surface area (Å²) < 4.78 is 5.27. The van der Waals surface area contributed by atoms with E-state index in [-0.39, 0.29) is 0 Å². The molecule has 6 nitrogen and oxygen atoms in total. The molecule has 2 N–H and O–H groups in total. The third kappa shape index (κ3) is 3.64. The predicted octanol–water partition coefficient (Wildman–Crippen LogP) is 4.48. The van der Waals surface area contributed by atoms with E-state index >= 15 is 0 Å². The first kappa shape index (κ1) is 17.6. The molecule has 4 aromatic rings. The molecule has 2 heterocycles. The quantitative estimate of drug-likeness (QED) is 0.542. The van der Waals surface area contributed by atoms with E-state index in [1.165, 1.54) is 0 Å². The zero-order chi connectivity index (χ0) is 19.5. The number of fused-ring (bicyclic) bond motifs is 1. The Morgan fingerprint density at radius 2 is 2.07 bits per heavy atom. The fourth-order valence-corrected chi connectivity index (χ4v) is 3.14. The Bertz CT molecular complexity index is 1190. The Morgan fingerprint density at radius 1 is 1.18 bits per heavy atom. The van der Waals surface area contributed by atoms with Crippen molar-refractivity contribution in [3.63, 3.8) is 0 Å². The van der Waals surface area contributed by atoms with E-state index in [0.29, 0.717) is 23.6 Å². The van der Waals surface area contributed by atoms with Gasteiger partial charge in [0.2, 0.25) is 0 Å². The monoisotopic (exact) mass is 369 g/mol. The molecule has 0 aliphatic carbocycles. The van der Waals surface area contributed by atoms with Gasteiger partial charge in [0.1, 0.15) is 23.2 Å². The van der Waals surface area contributed by atoms with Gasteiger partial charge in [-0.05, 0) is 48.9 Å². The second-order valence-electron chi connectivity index (χ2n) is 6.57. The highest BCUT2D eigenvalue weighted by Crippen LogP contribution is 2.24. The Kier molecular flexibility index (Phi) is 4.65. The molecule has 138 valence electrons. The predicted molar refractivity (Wildman–Crippen MR) is 109 cm³/mol. The van der Waals surface area contributed by atoms with Crippen molar-refractivity contribution in [1.29, 1.82) is 5.26 Å². The molecule has 4 rings (SSSR count). The van der Waals surface area contributed by atoms with Crippen LogP contribution in [-0.2, 0) is 6.42 Å². The minimum absolute atomic E-state index is 0.403. The number of nitriles is 1. The standard InChI is InChI=1S/C22H19N5O/c1-14-8-16-11-18(6-7-20(16)25-14)26-22-17(12-23)13-24-21(27-22)10-15-4-3-5-19(9-15)28-2/h3-9,11,13,25H,10H2,1-2H3,(H,24,26,27). The number of H-pyrrole nitrogens is 1. The minimum Gasteiger partial charge on any atom is -0.497 e. The van der Waals surface area contributed by atoms with Gasteiger partial charge in [-0.25, -0.2) is 9.97 Å². The maximum Gasteiger partial charge on any atom is 0.152 e. The molecular formula is C22H19N5O. The molecule has 6 heteroatoms. The lowest BCUT2D eigenvalue weighted by atomic mass is 10.1. The number of methoxy groups -OCH3 is 1. The van der Waals surface area contributed by atoms with Gasteiger partial charge in [0.25, 0.3) is 0 Å². The number of aryl methyl sites for hydroxylation is 1. The van der Waals surface area contributed by atoms with Crippen molar-refractivity contribution >= 4 is 22.4 Å². The summed E-state index contributed by atoms with van der Waals surface area (Å²) in [5, 5.41) is 13.8. The van der Waals surface area contributed by atoms with Crippen LogP contribution in [-0.4, -0.2) is 22.1 Å². The Morgan fingerprint density at radius 3 is 2.89 bits per heavy atom. The van der Waals surface area contributed by atoms with Crippen molar-refractivity contribution in [1.82, 2.24) is 15.0 Å². The van der Waals surface area contributed by atoms with Crippen molar-refractivity contribution in [3.8, 4) is 11.8 Å². The molecule has 0 fully saturated rings. The Labute approximate surface area is 162 Å². The molecule has 0 radical (unpaired) electrons. The minimum atomic E-state index is 0.403. The van der Waals surface area contributed by atoms with Crippen LogP contribution in [0.1, 0.15) is 22.6 Å². The van der Waals surface area contributed by atoms with Crippen molar-refractivity contribution in [2.45, 2.75) is 13.3 Å². The molecule has 2 aromatic heterocycles. The fourth-order valence-electron chi connectivity index (χ4n) is 3.14. The third-order valence-corrected chi connectivity index (χ3v) is 4.47. The molecule has 0 saturated heterocycles. The second-order valence-corrected chi connectivity index (χ2v) is 6.57. The summed E-state index contributed by atoms with van der Waals surface area (Å²) in [5.74, 6) is 1.93. The molecule has 0 spiro atoms. The number of aromatic nitrogens is 3. The molecule has 0 saturated carbocycles. The Hall–Kier alpha value is -3.85. The number of hydrogen-bond acceptors (Lipinski definition) is 5. The van der Waals surface area contributed by atoms with Gasteiger partial charge in [0, 0.05) is 28.7 Å². The molecule has 0 atom stereocenters.